The average Bonchev–Trinajstić information content (AvgIpc) is 2.74. The van der Waals surface area contributed by atoms with Crippen molar-refractivity contribution in [3.8, 4) is 5.75 Å². The Bertz CT molecular complexity index is 844. The summed E-state index contributed by atoms with van der Waals surface area (Å²) < 4.78 is 16.3. The number of benzene rings is 2. The van der Waals surface area contributed by atoms with Gasteiger partial charge in [-0.1, -0.05) is 41.9 Å². The summed E-state index contributed by atoms with van der Waals surface area (Å²) in [6.07, 6.45) is -4.94. The van der Waals surface area contributed by atoms with Crippen LogP contribution in [-0.4, -0.2) is 65.2 Å². The van der Waals surface area contributed by atoms with Gasteiger partial charge in [0.2, 0.25) is 5.79 Å². The Kier molecular flexibility index (Phi) is 7.36. The lowest BCUT2D eigenvalue weighted by Crippen LogP contribution is -2.64. The van der Waals surface area contributed by atoms with Crippen LogP contribution in [0.2, 0.25) is 5.02 Å². The molecule has 164 valence electrons. The maximum absolute atomic E-state index is 11.3. The summed E-state index contributed by atoms with van der Waals surface area (Å²) in [5.74, 6) is -1.39. The maximum atomic E-state index is 11.3. The van der Waals surface area contributed by atoms with E-state index in [1.54, 1.807) is 12.1 Å². The molecule has 1 aliphatic heterocycles. The highest BCUT2D eigenvalue weighted by molar-refractivity contribution is 6.32. The molecular weight excluding hydrogens is 412 g/mol. The topological polar surface area (TPSA) is 109 Å². The van der Waals surface area contributed by atoms with Crippen LogP contribution < -0.4 is 4.74 Å². The van der Waals surface area contributed by atoms with E-state index in [0.717, 1.165) is 16.9 Å². The van der Waals surface area contributed by atoms with E-state index in [1.165, 1.54) is 7.11 Å². The van der Waals surface area contributed by atoms with Crippen LogP contribution in [0.25, 0.3) is 0 Å². The van der Waals surface area contributed by atoms with Crippen molar-refractivity contribution in [3.05, 3.63) is 64.2 Å². The van der Waals surface area contributed by atoms with Gasteiger partial charge in [0.1, 0.15) is 30.2 Å². The molecule has 5 atom stereocenters. The van der Waals surface area contributed by atoms with Crippen LogP contribution in [-0.2, 0) is 21.7 Å². The summed E-state index contributed by atoms with van der Waals surface area (Å²) in [7, 11) is 1.28. The van der Waals surface area contributed by atoms with Crippen molar-refractivity contribution in [1.82, 2.24) is 0 Å². The first-order valence-corrected chi connectivity index (χ1v) is 10.1. The lowest BCUT2D eigenvalue weighted by molar-refractivity contribution is -0.361. The molecule has 0 aromatic heterocycles. The van der Waals surface area contributed by atoms with E-state index in [2.05, 4.69) is 0 Å². The van der Waals surface area contributed by atoms with Crippen LogP contribution in [0.3, 0.4) is 0 Å². The van der Waals surface area contributed by atoms with Crippen molar-refractivity contribution in [1.29, 1.82) is 0 Å². The number of ether oxygens (including phenoxy) is 3. The van der Waals surface area contributed by atoms with Gasteiger partial charge in [0.05, 0.1) is 18.2 Å². The number of halogens is 1. The molecule has 1 saturated heterocycles. The van der Waals surface area contributed by atoms with Crippen molar-refractivity contribution < 1.29 is 34.6 Å². The first kappa shape index (κ1) is 23.0. The predicted molar refractivity (Wildman–Crippen MR) is 111 cm³/mol. The summed E-state index contributed by atoms with van der Waals surface area (Å²) in [6, 6.07) is 12.7. The van der Waals surface area contributed by atoms with Crippen molar-refractivity contribution in [2.75, 3.05) is 20.3 Å². The van der Waals surface area contributed by atoms with Crippen molar-refractivity contribution >= 4 is 11.6 Å². The quantitative estimate of drug-likeness (QED) is 0.520. The van der Waals surface area contributed by atoms with E-state index in [0.29, 0.717) is 13.0 Å². The highest BCUT2D eigenvalue weighted by Crippen LogP contribution is 2.41. The standard InChI is InChI=1S/C22H27ClO7/c1-3-29-15-9-7-13(8-10-15)11-14-5-4-6-16(18(14)23)22(27)21(28-2)20(26)19(25)17(12-24)30-22/h4-10,17,19-21,24-27H,3,11-12H2,1-2H3/t17-,19-,20+,21-,22+/m1/s1. The third kappa shape index (κ3) is 4.33. The minimum atomic E-state index is -2.16. The molecule has 0 spiro atoms. The van der Waals surface area contributed by atoms with Gasteiger partial charge in [0, 0.05) is 12.7 Å². The van der Waals surface area contributed by atoms with Gasteiger partial charge < -0.3 is 34.6 Å². The molecule has 4 N–H and O–H groups in total. The highest BCUT2D eigenvalue weighted by atomic mass is 35.5. The van der Waals surface area contributed by atoms with E-state index in [1.807, 2.05) is 37.3 Å². The molecule has 7 nitrogen and oxygen atoms in total. The fourth-order valence-corrected chi connectivity index (χ4v) is 4.07. The van der Waals surface area contributed by atoms with Crippen LogP contribution in [0, 0.1) is 0 Å². The normalized spacial score (nSPS) is 29.0. The summed E-state index contributed by atoms with van der Waals surface area (Å²) in [5, 5.41) is 41.6. The van der Waals surface area contributed by atoms with Crippen molar-refractivity contribution in [2.45, 2.75) is 43.5 Å². The number of rotatable bonds is 7. The summed E-state index contributed by atoms with van der Waals surface area (Å²) >= 11 is 6.63. The van der Waals surface area contributed by atoms with Gasteiger partial charge in [0.15, 0.2) is 0 Å². The van der Waals surface area contributed by atoms with Gasteiger partial charge in [-0.2, -0.15) is 0 Å². The minimum absolute atomic E-state index is 0.184. The first-order chi connectivity index (χ1) is 14.3. The van der Waals surface area contributed by atoms with Crippen LogP contribution in [0.5, 0.6) is 5.75 Å². The van der Waals surface area contributed by atoms with Crippen LogP contribution in [0.15, 0.2) is 42.5 Å². The molecule has 2 aromatic rings. The van der Waals surface area contributed by atoms with Gasteiger partial charge in [-0.25, -0.2) is 0 Å². The fraction of sp³-hybridized carbons (Fsp3) is 0.455. The number of aliphatic hydroxyl groups excluding tert-OH is 3. The molecule has 0 saturated carbocycles. The molecule has 1 aliphatic rings. The molecule has 1 fully saturated rings. The second-order valence-electron chi connectivity index (χ2n) is 7.21. The lowest BCUT2D eigenvalue weighted by atomic mass is 9.87. The zero-order chi connectivity index (χ0) is 21.9. The highest BCUT2D eigenvalue weighted by Gasteiger charge is 2.55. The third-order valence-corrected chi connectivity index (χ3v) is 5.73. The summed E-state index contributed by atoms with van der Waals surface area (Å²) in [5.41, 5.74) is 1.90. The Morgan fingerprint density at radius 2 is 1.80 bits per heavy atom. The molecule has 0 bridgehead atoms. The average molecular weight is 439 g/mol. The Hall–Kier alpha value is -1.71. The minimum Gasteiger partial charge on any atom is -0.494 e. The molecule has 0 aliphatic carbocycles. The monoisotopic (exact) mass is 438 g/mol. The fourth-order valence-electron chi connectivity index (χ4n) is 3.74. The number of hydrogen-bond acceptors (Lipinski definition) is 7. The van der Waals surface area contributed by atoms with Crippen molar-refractivity contribution in [2.24, 2.45) is 0 Å². The number of hydrogen-bond donors (Lipinski definition) is 4. The molecule has 0 radical (unpaired) electrons. The Morgan fingerprint density at radius 1 is 1.10 bits per heavy atom. The van der Waals surface area contributed by atoms with Gasteiger partial charge in [0.25, 0.3) is 0 Å². The van der Waals surface area contributed by atoms with Crippen LogP contribution in [0.1, 0.15) is 23.6 Å². The SMILES string of the molecule is CCOc1ccc(Cc2cccc([C@]3(O)O[C@H](CO)[C@@H](O)[C@H](O)[C@H]3OC)c2Cl)cc1. The predicted octanol–water partition coefficient (Wildman–Crippen LogP) is 1.60. The molecule has 0 amide bonds. The largest absolute Gasteiger partial charge is 0.494 e. The first-order valence-electron chi connectivity index (χ1n) is 9.75. The van der Waals surface area contributed by atoms with Gasteiger partial charge in [-0.3, -0.25) is 0 Å². The second-order valence-corrected chi connectivity index (χ2v) is 7.58. The second kappa shape index (κ2) is 9.62. The van der Waals surface area contributed by atoms with Gasteiger partial charge in [-0.15, -0.1) is 0 Å². The summed E-state index contributed by atoms with van der Waals surface area (Å²) in [4.78, 5) is 0. The van der Waals surface area contributed by atoms with E-state index < -0.39 is 36.8 Å². The summed E-state index contributed by atoms with van der Waals surface area (Å²) in [6.45, 7) is 1.91. The van der Waals surface area contributed by atoms with E-state index in [9.17, 15) is 20.4 Å². The van der Waals surface area contributed by atoms with E-state index in [-0.39, 0.29) is 10.6 Å². The zero-order valence-corrected chi connectivity index (χ0v) is 17.6. The Labute approximate surface area is 180 Å². The zero-order valence-electron chi connectivity index (χ0n) is 16.9. The van der Waals surface area contributed by atoms with Crippen LogP contribution >= 0.6 is 11.6 Å². The van der Waals surface area contributed by atoms with Gasteiger partial charge in [-0.05, 0) is 36.6 Å². The van der Waals surface area contributed by atoms with E-state index in [4.69, 9.17) is 25.8 Å². The van der Waals surface area contributed by atoms with Crippen LogP contribution in [0.4, 0.5) is 0 Å². The Morgan fingerprint density at radius 3 is 2.40 bits per heavy atom. The smallest absolute Gasteiger partial charge is 0.224 e. The Balaban J connectivity index is 1.94. The molecule has 2 aromatic carbocycles. The molecule has 30 heavy (non-hydrogen) atoms. The lowest BCUT2D eigenvalue weighted by Gasteiger charge is -2.47. The number of methoxy groups -OCH3 is 1. The maximum Gasteiger partial charge on any atom is 0.224 e. The van der Waals surface area contributed by atoms with Crippen molar-refractivity contribution in [3.63, 3.8) is 0 Å². The molecule has 0 unspecified atom stereocenters. The van der Waals surface area contributed by atoms with Gasteiger partial charge >= 0.3 is 0 Å². The molecule has 8 heteroatoms. The molecule has 3 rings (SSSR count). The molecular formula is C22H27ClO7. The third-order valence-electron chi connectivity index (χ3n) is 5.29. The number of aliphatic hydroxyl groups is 4. The van der Waals surface area contributed by atoms with E-state index >= 15 is 0 Å². The molecule has 1 heterocycles.